The first-order valence-corrected chi connectivity index (χ1v) is 12.2. The SMILES string of the molecule is CCOC(=O)CNC(=O)N(Cc1ccc(OC)c(OS(=O)(=O)c2cccc(C(F)(F)F)c2)c1)C(C)C. The summed E-state index contributed by atoms with van der Waals surface area (Å²) in [7, 11) is -3.39. The van der Waals surface area contributed by atoms with Gasteiger partial charge in [-0.1, -0.05) is 12.1 Å². The first kappa shape index (κ1) is 28.8. The predicted molar refractivity (Wildman–Crippen MR) is 123 cm³/mol. The Kier molecular flexibility index (Phi) is 9.56. The van der Waals surface area contributed by atoms with Crippen molar-refractivity contribution >= 4 is 22.1 Å². The van der Waals surface area contributed by atoms with Crippen LogP contribution in [0, 0.1) is 0 Å². The molecular weight excluding hydrogens is 505 g/mol. The molecule has 0 saturated carbocycles. The van der Waals surface area contributed by atoms with Gasteiger partial charge in [-0.05, 0) is 56.7 Å². The van der Waals surface area contributed by atoms with Gasteiger partial charge in [0.25, 0.3) is 0 Å². The number of amides is 2. The second kappa shape index (κ2) is 12.0. The van der Waals surface area contributed by atoms with Gasteiger partial charge in [0.05, 0.1) is 19.3 Å². The minimum Gasteiger partial charge on any atom is -0.493 e. The molecule has 0 bridgehead atoms. The fourth-order valence-electron chi connectivity index (χ4n) is 3.03. The summed E-state index contributed by atoms with van der Waals surface area (Å²) in [4.78, 5) is 24.8. The summed E-state index contributed by atoms with van der Waals surface area (Å²) in [6, 6.07) is 6.56. The Labute approximate surface area is 207 Å². The maximum atomic E-state index is 13.0. The van der Waals surface area contributed by atoms with E-state index in [2.05, 4.69) is 5.32 Å². The van der Waals surface area contributed by atoms with Crippen LogP contribution in [-0.4, -0.2) is 51.6 Å². The van der Waals surface area contributed by atoms with Crippen molar-refractivity contribution in [3.05, 3.63) is 53.6 Å². The zero-order valence-corrected chi connectivity index (χ0v) is 20.9. The second-order valence-electron chi connectivity index (χ2n) is 7.73. The molecule has 9 nitrogen and oxygen atoms in total. The standard InChI is InChI=1S/C23H27F3N2O7S/c1-5-34-21(29)13-27-22(30)28(15(2)3)14-16-9-10-19(33-4)20(11-16)35-36(31,32)18-8-6-7-17(12-18)23(24,25)26/h6-12,15H,5,13-14H2,1-4H3,(H,27,30). The average molecular weight is 533 g/mol. The van der Waals surface area contributed by atoms with Crippen molar-refractivity contribution in [1.82, 2.24) is 10.2 Å². The highest BCUT2D eigenvalue weighted by Gasteiger charge is 2.32. The molecule has 0 unspecified atom stereocenters. The number of halogens is 3. The Balaban J connectivity index is 2.29. The molecule has 0 aromatic heterocycles. The van der Waals surface area contributed by atoms with E-state index in [1.165, 1.54) is 24.1 Å². The van der Waals surface area contributed by atoms with Gasteiger partial charge in [0, 0.05) is 12.6 Å². The van der Waals surface area contributed by atoms with Crippen molar-refractivity contribution in [1.29, 1.82) is 0 Å². The summed E-state index contributed by atoms with van der Waals surface area (Å²) in [6.07, 6.45) is -4.74. The molecule has 2 aromatic rings. The Morgan fingerprint density at radius 3 is 2.36 bits per heavy atom. The minimum absolute atomic E-state index is 0.00368. The van der Waals surface area contributed by atoms with Gasteiger partial charge in [-0.15, -0.1) is 0 Å². The van der Waals surface area contributed by atoms with Crippen molar-refractivity contribution in [2.75, 3.05) is 20.3 Å². The number of carbonyl (C=O) groups excluding carboxylic acids is 2. The third-order valence-corrected chi connectivity index (χ3v) is 6.03. The first-order chi connectivity index (χ1) is 16.8. The van der Waals surface area contributed by atoms with Crippen LogP contribution in [-0.2, 0) is 32.4 Å². The average Bonchev–Trinajstić information content (AvgIpc) is 2.80. The molecule has 0 aliphatic heterocycles. The number of nitrogens with zero attached hydrogens (tertiary/aromatic N) is 1. The number of benzene rings is 2. The quantitative estimate of drug-likeness (QED) is 0.364. The highest BCUT2D eigenvalue weighted by Crippen LogP contribution is 2.34. The summed E-state index contributed by atoms with van der Waals surface area (Å²) >= 11 is 0. The lowest BCUT2D eigenvalue weighted by molar-refractivity contribution is -0.142. The van der Waals surface area contributed by atoms with Gasteiger partial charge in [-0.2, -0.15) is 21.6 Å². The fraction of sp³-hybridized carbons (Fsp3) is 0.391. The summed E-state index contributed by atoms with van der Waals surface area (Å²) in [5.74, 6) is -0.866. The zero-order chi connectivity index (χ0) is 27.1. The van der Waals surface area contributed by atoms with E-state index >= 15 is 0 Å². The van der Waals surface area contributed by atoms with Crippen molar-refractivity contribution < 1.29 is 44.8 Å². The van der Waals surface area contributed by atoms with E-state index in [0.29, 0.717) is 11.6 Å². The smallest absolute Gasteiger partial charge is 0.416 e. The van der Waals surface area contributed by atoms with Crippen molar-refractivity contribution in [3.63, 3.8) is 0 Å². The van der Waals surface area contributed by atoms with Gasteiger partial charge in [0.2, 0.25) is 0 Å². The molecule has 0 saturated heterocycles. The molecule has 13 heteroatoms. The Bertz CT molecular complexity index is 1180. The van der Waals surface area contributed by atoms with Crippen LogP contribution in [0.1, 0.15) is 31.9 Å². The van der Waals surface area contributed by atoms with Crippen molar-refractivity contribution in [3.8, 4) is 11.5 Å². The lowest BCUT2D eigenvalue weighted by Gasteiger charge is -2.27. The number of hydrogen-bond acceptors (Lipinski definition) is 7. The normalized spacial score (nSPS) is 11.7. The molecule has 36 heavy (non-hydrogen) atoms. The summed E-state index contributed by atoms with van der Waals surface area (Å²) in [6.45, 7) is 4.95. The van der Waals surface area contributed by atoms with E-state index in [4.69, 9.17) is 13.7 Å². The van der Waals surface area contributed by atoms with Crippen LogP contribution < -0.4 is 14.2 Å². The maximum absolute atomic E-state index is 13.0. The van der Waals surface area contributed by atoms with Gasteiger partial charge >= 0.3 is 28.3 Å². The number of carbonyl (C=O) groups is 2. The molecule has 0 spiro atoms. The third-order valence-electron chi connectivity index (χ3n) is 4.80. The number of esters is 1. The van der Waals surface area contributed by atoms with Crippen LogP contribution in [0.15, 0.2) is 47.4 Å². The molecule has 2 rings (SSSR count). The second-order valence-corrected chi connectivity index (χ2v) is 9.28. The number of rotatable bonds is 10. The Morgan fingerprint density at radius 2 is 1.78 bits per heavy atom. The van der Waals surface area contributed by atoms with Gasteiger partial charge in [0.15, 0.2) is 11.5 Å². The van der Waals surface area contributed by atoms with Crippen molar-refractivity contribution in [2.45, 2.75) is 44.4 Å². The van der Waals surface area contributed by atoms with Crippen LogP contribution >= 0.6 is 0 Å². The molecule has 0 aliphatic rings. The molecule has 0 aliphatic carbocycles. The third kappa shape index (κ3) is 7.77. The number of hydrogen-bond donors (Lipinski definition) is 1. The Hall–Kier alpha value is -3.48. The number of urea groups is 1. The van der Waals surface area contributed by atoms with E-state index in [9.17, 15) is 31.2 Å². The highest BCUT2D eigenvalue weighted by atomic mass is 32.2. The van der Waals surface area contributed by atoms with Crippen molar-refractivity contribution in [2.24, 2.45) is 0 Å². The first-order valence-electron chi connectivity index (χ1n) is 10.8. The van der Waals surface area contributed by atoms with Gasteiger partial charge < -0.3 is 23.9 Å². The lowest BCUT2D eigenvalue weighted by Crippen LogP contribution is -2.45. The number of nitrogens with one attached hydrogen (secondary N) is 1. The monoisotopic (exact) mass is 532 g/mol. The molecule has 0 heterocycles. The van der Waals surface area contributed by atoms with E-state index < -0.39 is 38.8 Å². The van der Waals surface area contributed by atoms with Crippen LogP contribution in [0.2, 0.25) is 0 Å². The summed E-state index contributed by atoms with van der Waals surface area (Å²) in [5, 5.41) is 2.45. The maximum Gasteiger partial charge on any atom is 0.416 e. The van der Waals surface area contributed by atoms with Crippen LogP contribution in [0.25, 0.3) is 0 Å². The molecule has 2 aromatic carbocycles. The number of alkyl halides is 3. The topological polar surface area (TPSA) is 111 Å². The molecule has 198 valence electrons. The minimum atomic E-state index is -4.74. The molecule has 0 radical (unpaired) electrons. The highest BCUT2D eigenvalue weighted by molar-refractivity contribution is 7.87. The summed E-state index contributed by atoms with van der Waals surface area (Å²) in [5.41, 5.74) is -0.709. The molecule has 0 fully saturated rings. The molecule has 0 atom stereocenters. The molecular formula is C23H27F3N2O7S. The number of methoxy groups -OCH3 is 1. The molecule has 2 amide bonds. The number of ether oxygens (including phenoxy) is 2. The summed E-state index contributed by atoms with van der Waals surface area (Å²) < 4.78 is 79.6. The van der Waals surface area contributed by atoms with E-state index in [0.717, 1.165) is 18.2 Å². The van der Waals surface area contributed by atoms with Gasteiger partial charge in [0.1, 0.15) is 11.4 Å². The lowest BCUT2D eigenvalue weighted by atomic mass is 10.1. The van der Waals surface area contributed by atoms with Gasteiger partial charge in [-0.3, -0.25) is 4.79 Å². The van der Waals surface area contributed by atoms with Crippen LogP contribution in [0.3, 0.4) is 0 Å². The van der Waals surface area contributed by atoms with Gasteiger partial charge in [-0.25, -0.2) is 4.79 Å². The Morgan fingerprint density at radius 1 is 1.08 bits per heavy atom. The van der Waals surface area contributed by atoms with E-state index in [-0.39, 0.29) is 37.2 Å². The van der Waals surface area contributed by atoms with Crippen LogP contribution in [0.5, 0.6) is 11.5 Å². The van der Waals surface area contributed by atoms with E-state index in [1.54, 1.807) is 26.8 Å². The fourth-order valence-corrected chi connectivity index (χ4v) is 4.01. The van der Waals surface area contributed by atoms with E-state index in [1.807, 2.05) is 0 Å². The zero-order valence-electron chi connectivity index (χ0n) is 20.1. The largest absolute Gasteiger partial charge is 0.493 e. The predicted octanol–water partition coefficient (Wildman–Crippen LogP) is 3.96. The van der Waals surface area contributed by atoms with Crippen LogP contribution in [0.4, 0.5) is 18.0 Å². The molecule has 1 N–H and O–H groups in total.